The smallest absolute Gasteiger partial charge is 0.172 e. The third-order valence-corrected chi connectivity index (χ3v) is 1.71. The predicted molar refractivity (Wildman–Crippen MR) is 40.9 cm³/mol. The van der Waals surface area contributed by atoms with Gasteiger partial charge in [0.05, 0.1) is 5.39 Å². The van der Waals surface area contributed by atoms with Gasteiger partial charge in [-0.15, -0.1) is 0 Å². The average molecular weight is 168 g/mol. The van der Waals surface area contributed by atoms with Gasteiger partial charge in [-0.25, -0.2) is 8.78 Å². The number of rotatable bonds is 0. The van der Waals surface area contributed by atoms with E-state index >= 15 is 0 Å². The van der Waals surface area contributed by atoms with Crippen LogP contribution in [0.1, 0.15) is 5.76 Å². The molecule has 1 aromatic carbocycles. The van der Waals surface area contributed by atoms with Crippen molar-refractivity contribution in [1.29, 1.82) is 0 Å². The molecule has 62 valence electrons. The molecule has 0 fully saturated rings. The molecule has 2 aromatic rings. The van der Waals surface area contributed by atoms with Gasteiger partial charge in [0, 0.05) is 0 Å². The first-order chi connectivity index (χ1) is 5.68. The first kappa shape index (κ1) is 7.28. The second-order valence-electron chi connectivity index (χ2n) is 2.63. The number of hydrogen-bond acceptors (Lipinski definition) is 1. The van der Waals surface area contributed by atoms with Gasteiger partial charge in [0.15, 0.2) is 11.4 Å². The van der Waals surface area contributed by atoms with Gasteiger partial charge in [-0.05, 0) is 25.1 Å². The van der Waals surface area contributed by atoms with Crippen LogP contribution in [0.4, 0.5) is 8.78 Å². The molecule has 2 rings (SSSR count). The molecule has 1 heterocycles. The molecule has 3 heteroatoms. The van der Waals surface area contributed by atoms with Crippen molar-refractivity contribution >= 4 is 11.0 Å². The Morgan fingerprint density at radius 3 is 2.50 bits per heavy atom. The zero-order chi connectivity index (χ0) is 8.72. The summed E-state index contributed by atoms with van der Waals surface area (Å²) in [5, 5.41) is 0.201. The zero-order valence-corrected chi connectivity index (χ0v) is 6.40. The number of hydrogen-bond donors (Lipinski definition) is 0. The Bertz CT molecular complexity index is 392. The molecule has 1 nitrogen and oxygen atoms in total. The lowest BCUT2D eigenvalue weighted by Gasteiger charge is -1.91. The van der Waals surface area contributed by atoms with Crippen molar-refractivity contribution in [3.63, 3.8) is 0 Å². The van der Waals surface area contributed by atoms with E-state index in [9.17, 15) is 8.78 Å². The Hall–Kier alpha value is -1.38. The van der Waals surface area contributed by atoms with Crippen molar-refractivity contribution in [2.45, 2.75) is 6.92 Å². The average Bonchev–Trinajstić information content (AvgIpc) is 2.41. The standard InChI is InChI=1S/C9H6F2O/c1-5-4-6-7(10)2-3-8(11)9(6)12-5/h2-4H,1H3. The van der Waals surface area contributed by atoms with E-state index in [1.165, 1.54) is 6.07 Å². The highest BCUT2D eigenvalue weighted by molar-refractivity contribution is 5.79. The zero-order valence-electron chi connectivity index (χ0n) is 6.40. The second-order valence-corrected chi connectivity index (χ2v) is 2.63. The molecule has 0 amide bonds. The summed E-state index contributed by atoms with van der Waals surface area (Å²) in [6.07, 6.45) is 0. The van der Waals surface area contributed by atoms with Gasteiger partial charge in [-0.1, -0.05) is 0 Å². The minimum absolute atomic E-state index is 0.00694. The maximum atomic E-state index is 13.0. The van der Waals surface area contributed by atoms with E-state index in [2.05, 4.69) is 0 Å². The highest BCUT2D eigenvalue weighted by Gasteiger charge is 2.09. The van der Waals surface area contributed by atoms with E-state index in [1.54, 1.807) is 6.92 Å². The Kier molecular flexibility index (Phi) is 1.40. The Balaban J connectivity index is 2.93. The van der Waals surface area contributed by atoms with Crippen molar-refractivity contribution in [2.75, 3.05) is 0 Å². The SMILES string of the molecule is Cc1cc2c(F)ccc(F)c2o1. The summed E-state index contributed by atoms with van der Waals surface area (Å²) in [4.78, 5) is 0. The van der Waals surface area contributed by atoms with E-state index in [0.717, 1.165) is 12.1 Å². The first-order valence-electron chi connectivity index (χ1n) is 3.52. The quantitative estimate of drug-likeness (QED) is 0.589. The van der Waals surface area contributed by atoms with E-state index in [4.69, 9.17) is 4.42 Å². The summed E-state index contributed by atoms with van der Waals surface area (Å²) in [5.74, 6) is -0.475. The van der Waals surface area contributed by atoms with Crippen LogP contribution in [0.3, 0.4) is 0 Å². The molecule has 0 aliphatic carbocycles. The molecule has 0 unspecified atom stereocenters. The van der Waals surface area contributed by atoms with Crippen LogP contribution in [-0.2, 0) is 0 Å². The number of benzene rings is 1. The van der Waals surface area contributed by atoms with Crippen LogP contribution < -0.4 is 0 Å². The first-order valence-corrected chi connectivity index (χ1v) is 3.52. The molecule has 12 heavy (non-hydrogen) atoms. The lowest BCUT2D eigenvalue weighted by Crippen LogP contribution is -1.78. The van der Waals surface area contributed by atoms with E-state index in [0.29, 0.717) is 5.76 Å². The minimum Gasteiger partial charge on any atom is -0.458 e. The van der Waals surface area contributed by atoms with E-state index in [-0.39, 0.29) is 11.0 Å². The van der Waals surface area contributed by atoms with Crippen molar-refractivity contribution in [3.8, 4) is 0 Å². The monoisotopic (exact) mass is 168 g/mol. The largest absolute Gasteiger partial charge is 0.458 e. The molecule has 0 N–H and O–H groups in total. The molecule has 0 saturated carbocycles. The van der Waals surface area contributed by atoms with Crippen molar-refractivity contribution in [2.24, 2.45) is 0 Å². The summed E-state index contributed by atoms with van der Waals surface area (Å²) >= 11 is 0. The molecule has 0 bridgehead atoms. The Morgan fingerprint density at radius 2 is 1.83 bits per heavy atom. The number of aryl methyl sites for hydroxylation is 1. The van der Waals surface area contributed by atoms with Crippen LogP contribution in [0.2, 0.25) is 0 Å². The van der Waals surface area contributed by atoms with Gasteiger partial charge in [0.1, 0.15) is 11.6 Å². The van der Waals surface area contributed by atoms with Crippen LogP contribution >= 0.6 is 0 Å². The number of furan rings is 1. The third-order valence-electron chi connectivity index (χ3n) is 1.71. The summed E-state index contributed by atoms with van der Waals surface area (Å²) < 4.78 is 30.8. The highest BCUT2D eigenvalue weighted by atomic mass is 19.1. The highest BCUT2D eigenvalue weighted by Crippen LogP contribution is 2.24. The lowest BCUT2D eigenvalue weighted by atomic mass is 10.2. The van der Waals surface area contributed by atoms with Crippen LogP contribution in [0, 0.1) is 18.6 Å². The summed E-state index contributed by atoms with van der Waals surface area (Å²) in [6, 6.07) is 3.63. The van der Waals surface area contributed by atoms with Crippen LogP contribution in [-0.4, -0.2) is 0 Å². The molecule has 0 spiro atoms. The van der Waals surface area contributed by atoms with Crippen molar-refractivity contribution in [3.05, 3.63) is 35.6 Å². The summed E-state index contributed by atoms with van der Waals surface area (Å²) in [5.41, 5.74) is -0.00694. The fraction of sp³-hybridized carbons (Fsp3) is 0.111. The van der Waals surface area contributed by atoms with Crippen molar-refractivity contribution in [1.82, 2.24) is 0 Å². The molecule has 1 aromatic heterocycles. The number of fused-ring (bicyclic) bond motifs is 1. The minimum atomic E-state index is -0.528. The lowest BCUT2D eigenvalue weighted by molar-refractivity contribution is 0.535. The molecule has 0 atom stereocenters. The predicted octanol–water partition coefficient (Wildman–Crippen LogP) is 3.02. The molecule has 0 aliphatic heterocycles. The number of halogens is 2. The van der Waals surface area contributed by atoms with Gasteiger partial charge in [-0.3, -0.25) is 0 Å². The third kappa shape index (κ3) is 0.897. The second kappa shape index (κ2) is 2.30. The molecule has 0 aliphatic rings. The van der Waals surface area contributed by atoms with Crippen LogP contribution in [0.5, 0.6) is 0 Å². The summed E-state index contributed by atoms with van der Waals surface area (Å²) in [7, 11) is 0. The van der Waals surface area contributed by atoms with Gasteiger partial charge in [-0.2, -0.15) is 0 Å². The summed E-state index contributed by atoms with van der Waals surface area (Å²) in [6.45, 7) is 1.65. The fourth-order valence-electron chi connectivity index (χ4n) is 1.18. The Morgan fingerprint density at radius 1 is 1.17 bits per heavy atom. The van der Waals surface area contributed by atoms with Gasteiger partial charge in [0.2, 0.25) is 0 Å². The Labute approximate surface area is 67.6 Å². The van der Waals surface area contributed by atoms with Gasteiger partial charge in [0.25, 0.3) is 0 Å². The van der Waals surface area contributed by atoms with Crippen LogP contribution in [0.25, 0.3) is 11.0 Å². The molecule has 0 saturated heterocycles. The molecule has 0 radical (unpaired) electrons. The van der Waals surface area contributed by atoms with Gasteiger partial charge < -0.3 is 4.42 Å². The van der Waals surface area contributed by atoms with E-state index in [1.807, 2.05) is 0 Å². The van der Waals surface area contributed by atoms with E-state index < -0.39 is 11.6 Å². The van der Waals surface area contributed by atoms with Gasteiger partial charge >= 0.3 is 0 Å². The molecular weight excluding hydrogens is 162 g/mol. The molecular formula is C9H6F2O. The topological polar surface area (TPSA) is 13.1 Å². The maximum Gasteiger partial charge on any atom is 0.172 e. The maximum absolute atomic E-state index is 13.0. The normalized spacial score (nSPS) is 10.9. The fourth-order valence-corrected chi connectivity index (χ4v) is 1.18. The van der Waals surface area contributed by atoms with Crippen LogP contribution in [0.15, 0.2) is 22.6 Å². The van der Waals surface area contributed by atoms with Crippen molar-refractivity contribution < 1.29 is 13.2 Å².